The van der Waals surface area contributed by atoms with Crippen molar-refractivity contribution in [2.45, 2.75) is 39.9 Å². The van der Waals surface area contributed by atoms with Crippen molar-refractivity contribution in [3.8, 4) is 0 Å². The Morgan fingerprint density at radius 1 is 1.17 bits per heavy atom. The van der Waals surface area contributed by atoms with Crippen LogP contribution in [0.5, 0.6) is 0 Å². The molecule has 0 aliphatic rings. The second-order valence-corrected chi connectivity index (χ2v) is 6.50. The molecule has 6 heteroatoms. The van der Waals surface area contributed by atoms with Crippen LogP contribution in [0.4, 0.5) is 5.69 Å². The van der Waals surface area contributed by atoms with Gasteiger partial charge >= 0.3 is 7.75 Å². The molecule has 0 saturated carbocycles. The van der Waals surface area contributed by atoms with Gasteiger partial charge in [-0.15, -0.1) is 0 Å². The van der Waals surface area contributed by atoms with Gasteiger partial charge in [0.15, 0.2) is 0 Å². The molecule has 0 amide bonds. The van der Waals surface area contributed by atoms with Crippen molar-refractivity contribution in [3.05, 3.63) is 29.3 Å². The summed E-state index contributed by atoms with van der Waals surface area (Å²) < 4.78 is 23.3. The summed E-state index contributed by atoms with van der Waals surface area (Å²) in [5, 5.41) is 3.34. The highest BCUT2D eigenvalue weighted by atomic mass is 35.5. The van der Waals surface area contributed by atoms with E-state index in [1.165, 1.54) is 0 Å². The fourth-order valence-electron chi connectivity index (χ4n) is 1.35. The number of benzene rings is 1. The number of anilines is 1. The minimum Gasteiger partial charge on any atom is -0.293 e. The summed E-state index contributed by atoms with van der Waals surface area (Å²) in [6, 6.07) is 6.93. The number of rotatable bonds is 6. The first-order valence-electron chi connectivity index (χ1n) is 5.81. The number of hydrogen-bond donors (Lipinski definition) is 1. The molecule has 0 spiro atoms. The van der Waals surface area contributed by atoms with E-state index in [2.05, 4.69) is 5.09 Å². The van der Waals surface area contributed by atoms with E-state index in [-0.39, 0.29) is 12.2 Å². The Kier molecular flexibility index (Phi) is 5.67. The van der Waals surface area contributed by atoms with Gasteiger partial charge in [0.25, 0.3) is 0 Å². The Hall–Kier alpha value is -0.540. The first kappa shape index (κ1) is 15.5. The van der Waals surface area contributed by atoms with Crippen LogP contribution in [0.25, 0.3) is 0 Å². The average Bonchev–Trinajstić information content (AvgIpc) is 2.13. The van der Waals surface area contributed by atoms with Crippen molar-refractivity contribution >= 4 is 25.0 Å². The summed E-state index contributed by atoms with van der Waals surface area (Å²) in [6.45, 7) is 7.21. The molecular formula is C12H19ClNO3P. The Labute approximate surface area is 113 Å². The molecule has 1 aromatic carbocycles. The highest BCUT2D eigenvalue weighted by Gasteiger charge is 2.28. The fraction of sp³-hybridized carbons (Fsp3) is 0.500. The molecule has 1 N–H and O–H groups in total. The van der Waals surface area contributed by atoms with E-state index in [0.717, 1.165) is 0 Å². The van der Waals surface area contributed by atoms with Gasteiger partial charge in [-0.25, -0.2) is 4.57 Å². The van der Waals surface area contributed by atoms with Crippen LogP contribution in [0.3, 0.4) is 0 Å². The van der Waals surface area contributed by atoms with Crippen LogP contribution < -0.4 is 5.09 Å². The number of halogens is 1. The minimum absolute atomic E-state index is 0.207. The van der Waals surface area contributed by atoms with Crippen LogP contribution in [0.1, 0.15) is 27.7 Å². The second kappa shape index (κ2) is 6.58. The van der Waals surface area contributed by atoms with Crippen LogP contribution in [0.2, 0.25) is 5.02 Å². The van der Waals surface area contributed by atoms with Crippen molar-refractivity contribution in [3.63, 3.8) is 0 Å². The van der Waals surface area contributed by atoms with E-state index in [0.29, 0.717) is 10.7 Å². The molecule has 0 atom stereocenters. The molecule has 18 heavy (non-hydrogen) atoms. The van der Waals surface area contributed by atoms with Crippen molar-refractivity contribution in [2.75, 3.05) is 5.09 Å². The summed E-state index contributed by atoms with van der Waals surface area (Å²) >= 11 is 5.87. The van der Waals surface area contributed by atoms with E-state index in [9.17, 15) is 4.57 Å². The summed E-state index contributed by atoms with van der Waals surface area (Å²) in [7, 11) is -3.38. The second-order valence-electron chi connectivity index (χ2n) is 4.43. The molecular weight excluding hydrogens is 273 g/mol. The Bertz CT molecular complexity index is 423. The van der Waals surface area contributed by atoms with E-state index in [1.807, 2.05) is 0 Å². The van der Waals surface area contributed by atoms with Gasteiger partial charge in [0.1, 0.15) is 0 Å². The predicted molar refractivity (Wildman–Crippen MR) is 75.1 cm³/mol. The molecule has 0 saturated heterocycles. The minimum atomic E-state index is -3.38. The van der Waals surface area contributed by atoms with Crippen molar-refractivity contribution < 1.29 is 13.6 Å². The Morgan fingerprint density at radius 2 is 1.72 bits per heavy atom. The highest BCUT2D eigenvalue weighted by Crippen LogP contribution is 2.50. The molecule has 0 fully saturated rings. The zero-order valence-corrected chi connectivity index (χ0v) is 12.7. The molecule has 0 aliphatic carbocycles. The lowest BCUT2D eigenvalue weighted by atomic mass is 10.3. The van der Waals surface area contributed by atoms with Gasteiger partial charge in [0.05, 0.1) is 12.2 Å². The van der Waals surface area contributed by atoms with Crippen LogP contribution in [0, 0.1) is 0 Å². The maximum absolute atomic E-state index is 12.5. The lowest BCUT2D eigenvalue weighted by Crippen LogP contribution is -2.13. The van der Waals surface area contributed by atoms with Gasteiger partial charge < -0.3 is 0 Å². The summed E-state index contributed by atoms with van der Waals surface area (Å²) in [6.07, 6.45) is -0.414. The first-order valence-corrected chi connectivity index (χ1v) is 7.73. The Balaban J connectivity index is 2.87. The quantitative estimate of drug-likeness (QED) is 0.771. The van der Waals surface area contributed by atoms with Gasteiger partial charge in [-0.3, -0.25) is 14.1 Å². The van der Waals surface area contributed by atoms with Crippen LogP contribution in [0.15, 0.2) is 24.3 Å². The molecule has 0 aromatic heterocycles. The standard InChI is InChI=1S/C12H19ClNO3P/c1-9(2)16-18(15,17-10(3)4)14-12-7-5-6-11(13)8-12/h5-10H,1-4H3,(H,14,15). The molecule has 0 radical (unpaired) electrons. The van der Waals surface area contributed by atoms with Gasteiger partial charge in [-0.1, -0.05) is 17.7 Å². The van der Waals surface area contributed by atoms with E-state index >= 15 is 0 Å². The molecule has 102 valence electrons. The maximum atomic E-state index is 12.5. The topological polar surface area (TPSA) is 47.6 Å². The number of hydrogen-bond acceptors (Lipinski definition) is 3. The molecule has 0 heterocycles. The Morgan fingerprint density at radius 3 is 2.17 bits per heavy atom. The van der Waals surface area contributed by atoms with Crippen molar-refractivity contribution in [1.29, 1.82) is 0 Å². The van der Waals surface area contributed by atoms with Gasteiger partial charge in [-0.05, 0) is 45.9 Å². The van der Waals surface area contributed by atoms with Crippen molar-refractivity contribution in [1.82, 2.24) is 0 Å². The highest BCUT2D eigenvalue weighted by molar-refractivity contribution is 7.55. The van der Waals surface area contributed by atoms with Gasteiger partial charge in [0, 0.05) is 10.7 Å². The van der Waals surface area contributed by atoms with E-state index in [4.69, 9.17) is 20.6 Å². The van der Waals surface area contributed by atoms with Crippen LogP contribution in [-0.4, -0.2) is 12.2 Å². The molecule has 0 aliphatic heterocycles. The smallest absolute Gasteiger partial charge is 0.293 e. The third-order valence-electron chi connectivity index (χ3n) is 1.79. The fourth-order valence-corrected chi connectivity index (χ4v) is 3.26. The molecule has 0 bridgehead atoms. The van der Waals surface area contributed by atoms with Crippen LogP contribution >= 0.6 is 19.3 Å². The normalized spacial score (nSPS) is 12.2. The maximum Gasteiger partial charge on any atom is 0.433 e. The van der Waals surface area contributed by atoms with Crippen LogP contribution in [-0.2, 0) is 13.6 Å². The van der Waals surface area contributed by atoms with E-state index in [1.54, 1.807) is 52.0 Å². The van der Waals surface area contributed by atoms with Gasteiger partial charge in [0.2, 0.25) is 0 Å². The molecule has 4 nitrogen and oxygen atoms in total. The average molecular weight is 292 g/mol. The molecule has 0 unspecified atom stereocenters. The monoisotopic (exact) mass is 291 g/mol. The number of nitrogens with one attached hydrogen (secondary N) is 1. The predicted octanol–water partition coefficient (Wildman–Crippen LogP) is 4.71. The van der Waals surface area contributed by atoms with E-state index < -0.39 is 7.75 Å². The summed E-state index contributed by atoms with van der Waals surface area (Å²) in [4.78, 5) is 0. The summed E-state index contributed by atoms with van der Waals surface area (Å²) in [5.74, 6) is 0. The third kappa shape index (κ3) is 5.40. The largest absolute Gasteiger partial charge is 0.433 e. The first-order chi connectivity index (χ1) is 8.31. The lowest BCUT2D eigenvalue weighted by molar-refractivity contribution is 0.146. The zero-order chi connectivity index (χ0) is 13.8. The lowest BCUT2D eigenvalue weighted by Gasteiger charge is -2.23. The van der Waals surface area contributed by atoms with Gasteiger partial charge in [-0.2, -0.15) is 0 Å². The SMILES string of the molecule is CC(C)OP(=O)(Nc1cccc(Cl)c1)OC(C)C. The summed E-state index contributed by atoms with van der Waals surface area (Å²) in [5.41, 5.74) is 0.604. The molecule has 1 aromatic rings. The third-order valence-corrected chi connectivity index (χ3v) is 3.96. The zero-order valence-electron chi connectivity index (χ0n) is 11.0. The molecule has 1 rings (SSSR count). The van der Waals surface area contributed by atoms with Crippen molar-refractivity contribution in [2.24, 2.45) is 0 Å².